The lowest BCUT2D eigenvalue weighted by Crippen LogP contribution is -2.04. The number of aryl methyl sites for hydroxylation is 1. The predicted molar refractivity (Wildman–Crippen MR) is 85.9 cm³/mol. The largest absolute Gasteiger partial charge is 0.485 e. The number of benzene rings is 2. The van der Waals surface area contributed by atoms with E-state index in [1.54, 1.807) is 24.4 Å². The molecule has 0 aliphatic carbocycles. The van der Waals surface area contributed by atoms with Gasteiger partial charge in [-0.15, -0.1) is 0 Å². The van der Waals surface area contributed by atoms with Crippen molar-refractivity contribution in [3.8, 4) is 17.2 Å². The fourth-order valence-corrected chi connectivity index (χ4v) is 2.12. The van der Waals surface area contributed by atoms with Gasteiger partial charge < -0.3 is 14.0 Å². The van der Waals surface area contributed by atoms with Crippen LogP contribution in [0.1, 0.15) is 16.2 Å². The second kappa shape index (κ2) is 6.79. The third-order valence-electron chi connectivity index (χ3n) is 3.36. The molecule has 23 heavy (non-hydrogen) atoms. The van der Waals surface area contributed by atoms with Crippen LogP contribution in [-0.2, 0) is 13.7 Å². The fraction of sp³-hybridized carbons (Fsp3) is 0.111. The average Bonchev–Trinajstić information content (AvgIpc) is 2.99. The molecule has 0 spiro atoms. The number of carbonyl (C=O) groups is 1. The lowest BCUT2D eigenvalue weighted by Gasteiger charge is -2.11. The molecule has 0 saturated carbocycles. The summed E-state index contributed by atoms with van der Waals surface area (Å²) in [7, 11) is 1.89. The molecule has 0 bridgehead atoms. The zero-order valence-electron chi connectivity index (χ0n) is 12.7. The highest BCUT2D eigenvalue weighted by Crippen LogP contribution is 2.27. The molecule has 116 valence electrons. The highest BCUT2D eigenvalue weighted by atomic mass is 16.5. The third kappa shape index (κ3) is 3.58. The minimum absolute atomic E-state index is 0.295. The molecule has 0 aliphatic rings. The molecular formula is C18H16N2O3. The van der Waals surface area contributed by atoms with Crippen molar-refractivity contribution in [1.82, 2.24) is 9.55 Å². The van der Waals surface area contributed by atoms with Crippen LogP contribution in [0.15, 0.2) is 60.9 Å². The molecule has 0 fully saturated rings. The van der Waals surface area contributed by atoms with Gasteiger partial charge in [0.15, 0.2) is 6.29 Å². The van der Waals surface area contributed by atoms with Crippen molar-refractivity contribution in [3.05, 3.63) is 72.3 Å². The third-order valence-corrected chi connectivity index (χ3v) is 3.36. The Labute approximate surface area is 134 Å². The first-order valence-corrected chi connectivity index (χ1v) is 7.17. The number of carbonyl (C=O) groups excluding carboxylic acids is 1. The van der Waals surface area contributed by atoms with Gasteiger partial charge >= 0.3 is 0 Å². The number of rotatable bonds is 6. The van der Waals surface area contributed by atoms with Gasteiger partial charge in [0.05, 0.1) is 5.56 Å². The van der Waals surface area contributed by atoms with E-state index in [-0.39, 0.29) is 0 Å². The monoisotopic (exact) mass is 308 g/mol. The fourth-order valence-electron chi connectivity index (χ4n) is 2.12. The Kier molecular flexibility index (Phi) is 4.38. The standard InChI is InChI=1S/C18H16N2O3/c1-20-10-9-19-18(20)13-22-17-8-7-16(11-14(17)12-21)23-15-5-3-2-4-6-15/h2-12H,13H2,1H3. The molecule has 0 saturated heterocycles. The minimum Gasteiger partial charge on any atom is -0.485 e. The zero-order valence-corrected chi connectivity index (χ0v) is 12.7. The van der Waals surface area contributed by atoms with E-state index in [4.69, 9.17) is 9.47 Å². The molecule has 3 rings (SSSR count). The van der Waals surface area contributed by atoms with Crippen LogP contribution in [-0.4, -0.2) is 15.8 Å². The number of aldehydes is 1. The van der Waals surface area contributed by atoms with Gasteiger partial charge in [-0.25, -0.2) is 4.98 Å². The maximum atomic E-state index is 11.3. The summed E-state index contributed by atoms with van der Waals surface area (Å²) in [6.45, 7) is 0.295. The quantitative estimate of drug-likeness (QED) is 0.653. The maximum Gasteiger partial charge on any atom is 0.153 e. The Morgan fingerprint density at radius 3 is 2.65 bits per heavy atom. The summed E-state index contributed by atoms with van der Waals surface area (Å²) in [5.41, 5.74) is 0.438. The van der Waals surface area contributed by atoms with Crippen LogP contribution in [0.2, 0.25) is 0 Å². The van der Waals surface area contributed by atoms with E-state index in [0.29, 0.717) is 29.4 Å². The van der Waals surface area contributed by atoms with Crippen molar-refractivity contribution in [2.75, 3.05) is 0 Å². The van der Waals surface area contributed by atoms with Crippen molar-refractivity contribution in [2.45, 2.75) is 6.61 Å². The number of hydrogen-bond acceptors (Lipinski definition) is 4. The number of hydrogen-bond donors (Lipinski definition) is 0. The molecule has 1 heterocycles. The number of imidazole rings is 1. The number of para-hydroxylation sites is 1. The molecular weight excluding hydrogens is 292 g/mol. The van der Waals surface area contributed by atoms with Crippen LogP contribution in [0.25, 0.3) is 0 Å². The molecule has 0 aliphatic heterocycles. The summed E-state index contributed by atoms with van der Waals surface area (Å²) in [6.07, 6.45) is 4.30. The Morgan fingerprint density at radius 1 is 1.13 bits per heavy atom. The second-order valence-corrected chi connectivity index (χ2v) is 4.98. The highest BCUT2D eigenvalue weighted by molar-refractivity contribution is 5.80. The van der Waals surface area contributed by atoms with E-state index in [1.807, 2.05) is 48.1 Å². The first-order chi connectivity index (χ1) is 11.3. The van der Waals surface area contributed by atoms with Gasteiger partial charge in [0.25, 0.3) is 0 Å². The van der Waals surface area contributed by atoms with Crippen LogP contribution >= 0.6 is 0 Å². The summed E-state index contributed by atoms with van der Waals surface area (Å²) in [5, 5.41) is 0. The molecule has 0 atom stereocenters. The highest BCUT2D eigenvalue weighted by Gasteiger charge is 2.08. The van der Waals surface area contributed by atoms with Crippen LogP contribution in [0.4, 0.5) is 0 Å². The normalized spacial score (nSPS) is 10.3. The molecule has 5 heteroatoms. The Balaban J connectivity index is 1.74. The summed E-state index contributed by atoms with van der Waals surface area (Å²) in [5.74, 6) is 2.59. The van der Waals surface area contributed by atoms with Crippen LogP contribution in [0.5, 0.6) is 17.2 Å². The summed E-state index contributed by atoms with van der Waals surface area (Å²) >= 11 is 0. The van der Waals surface area contributed by atoms with E-state index in [9.17, 15) is 4.79 Å². The lowest BCUT2D eigenvalue weighted by atomic mass is 10.2. The molecule has 2 aromatic carbocycles. The Morgan fingerprint density at radius 2 is 1.96 bits per heavy atom. The van der Waals surface area contributed by atoms with Crippen molar-refractivity contribution in [3.63, 3.8) is 0 Å². The summed E-state index contributed by atoms with van der Waals surface area (Å²) in [4.78, 5) is 15.5. The van der Waals surface area contributed by atoms with Crippen LogP contribution < -0.4 is 9.47 Å². The molecule has 0 unspecified atom stereocenters. The topological polar surface area (TPSA) is 53.4 Å². The predicted octanol–water partition coefficient (Wildman–Crippen LogP) is 3.60. The number of aromatic nitrogens is 2. The number of nitrogens with zero attached hydrogens (tertiary/aromatic N) is 2. The molecule has 1 aromatic heterocycles. The molecule has 5 nitrogen and oxygen atoms in total. The molecule has 0 radical (unpaired) electrons. The van der Waals surface area contributed by atoms with Crippen molar-refractivity contribution < 1.29 is 14.3 Å². The van der Waals surface area contributed by atoms with E-state index < -0.39 is 0 Å². The first-order valence-electron chi connectivity index (χ1n) is 7.17. The minimum atomic E-state index is 0.295. The molecule has 0 amide bonds. The first kappa shape index (κ1) is 14.8. The van der Waals surface area contributed by atoms with Gasteiger partial charge in [0.1, 0.15) is 29.7 Å². The molecule has 0 N–H and O–H groups in total. The Hall–Kier alpha value is -3.08. The average molecular weight is 308 g/mol. The molecule has 3 aromatic rings. The van der Waals surface area contributed by atoms with E-state index in [0.717, 1.165) is 12.1 Å². The van der Waals surface area contributed by atoms with E-state index in [2.05, 4.69) is 4.98 Å². The van der Waals surface area contributed by atoms with Gasteiger partial charge in [0.2, 0.25) is 0 Å². The van der Waals surface area contributed by atoms with Gasteiger partial charge in [-0.2, -0.15) is 0 Å². The van der Waals surface area contributed by atoms with Gasteiger partial charge in [-0.3, -0.25) is 4.79 Å². The van der Waals surface area contributed by atoms with E-state index in [1.165, 1.54) is 0 Å². The summed E-state index contributed by atoms with van der Waals surface area (Å²) in [6, 6.07) is 14.6. The van der Waals surface area contributed by atoms with Gasteiger partial charge in [-0.1, -0.05) is 18.2 Å². The SMILES string of the molecule is Cn1ccnc1COc1ccc(Oc2ccccc2)cc1C=O. The maximum absolute atomic E-state index is 11.3. The van der Waals surface area contributed by atoms with Crippen molar-refractivity contribution in [2.24, 2.45) is 7.05 Å². The second-order valence-electron chi connectivity index (χ2n) is 4.98. The van der Waals surface area contributed by atoms with Crippen molar-refractivity contribution in [1.29, 1.82) is 0 Å². The van der Waals surface area contributed by atoms with Crippen LogP contribution in [0.3, 0.4) is 0 Å². The number of ether oxygens (including phenoxy) is 2. The van der Waals surface area contributed by atoms with Crippen molar-refractivity contribution >= 4 is 6.29 Å². The summed E-state index contributed by atoms with van der Waals surface area (Å²) < 4.78 is 13.3. The zero-order chi connectivity index (χ0) is 16.1. The van der Waals surface area contributed by atoms with Gasteiger partial charge in [0, 0.05) is 19.4 Å². The Bertz CT molecular complexity index is 797. The smallest absolute Gasteiger partial charge is 0.153 e. The lowest BCUT2D eigenvalue weighted by molar-refractivity contribution is 0.111. The van der Waals surface area contributed by atoms with E-state index >= 15 is 0 Å². The van der Waals surface area contributed by atoms with Crippen LogP contribution in [0, 0.1) is 0 Å². The van der Waals surface area contributed by atoms with Gasteiger partial charge in [-0.05, 0) is 30.3 Å².